The third-order valence-electron chi connectivity index (χ3n) is 3.81. The molecule has 0 fully saturated rings. The first-order valence-corrected chi connectivity index (χ1v) is 7.23. The fourth-order valence-corrected chi connectivity index (χ4v) is 2.75. The quantitative estimate of drug-likeness (QED) is 0.815. The summed E-state index contributed by atoms with van der Waals surface area (Å²) >= 11 is 0. The number of aromatic nitrogens is 1. The number of anilines is 1. The Hall–Kier alpha value is -1.88. The number of unbranched alkanes of at least 4 members (excludes halogenated alkanes) is 1. The third-order valence-corrected chi connectivity index (χ3v) is 3.81. The summed E-state index contributed by atoms with van der Waals surface area (Å²) in [7, 11) is 0. The van der Waals surface area contributed by atoms with E-state index in [-0.39, 0.29) is 5.91 Å². The van der Waals surface area contributed by atoms with Crippen molar-refractivity contribution in [2.24, 2.45) is 0 Å². The van der Waals surface area contributed by atoms with Gasteiger partial charge in [-0.05, 0) is 29.7 Å². The monoisotopic (exact) mass is 272 g/mol. The number of pyridine rings is 1. The van der Waals surface area contributed by atoms with Crippen molar-refractivity contribution in [3.05, 3.63) is 29.5 Å². The van der Waals surface area contributed by atoms with Crippen LogP contribution in [0.15, 0.2) is 23.9 Å². The second kappa shape index (κ2) is 5.63. The van der Waals surface area contributed by atoms with Crippen molar-refractivity contribution in [3.63, 3.8) is 0 Å². The van der Waals surface area contributed by atoms with Crippen LogP contribution in [-0.2, 0) is 4.79 Å². The topological polar surface area (TPSA) is 57.3 Å². The van der Waals surface area contributed by atoms with Crippen molar-refractivity contribution >= 4 is 17.3 Å². The SMILES string of the molecule is CCCCNN1CC2=C(CNC(=O)C2)c2cccnc21. The van der Waals surface area contributed by atoms with Crippen molar-refractivity contribution in [1.29, 1.82) is 0 Å². The number of carbonyl (C=O) groups excluding carboxylic acids is 1. The largest absolute Gasteiger partial charge is 0.352 e. The molecule has 1 amide bonds. The van der Waals surface area contributed by atoms with Crippen molar-refractivity contribution < 1.29 is 4.79 Å². The first-order valence-electron chi connectivity index (χ1n) is 7.23. The second-order valence-electron chi connectivity index (χ2n) is 5.26. The molecule has 5 heteroatoms. The van der Waals surface area contributed by atoms with Gasteiger partial charge in [0, 0.05) is 24.8 Å². The molecule has 20 heavy (non-hydrogen) atoms. The summed E-state index contributed by atoms with van der Waals surface area (Å²) in [6.07, 6.45) is 4.60. The summed E-state index contributed by atoms with van der Waals surface area (Å²) in [4.78, 5) is 16.1. The van der Waals surface area contributed by atoms with Crippen LogP contribution in [0.4, 0.5) is 5.82 Å². The third kappa shape index (κ3) is 2.41. The highest BCUT2D eigenvalue weighted by Gasteiger charge is 2.28. The molecule has 1 aromatic rings. The number of hydrazine groups is 1. The molecule has 2 aliphatic heterocycles. The molecule has 1 aromatic heterocycles. The number of rotatable bonds is 4. The van der Waals surface area contributed by atoms with Crippen LogP contribution in [0, 0.1) is 0 Å². The first-order chi connectivity index (χ1) is 9.79. The highest BCUT2D eigenvalue weighted by molar-refractivity contribution is 5.91. The fraction of sp³-hybridized carbons (Fsp3) is 0.467. The summed E-state index contributed by atoms with van der Waals surface area (Å²) < 4.78 is 0. The fourth-order valence-electron chi connectivity index (χ4n) is 2.75. The van der Waals surface area contributed by atoms with Crippen molar-refractivity contribution in [3.8, 4) is 0 Å². The summed E-state index contributed by atoms with van der Waals surface area (Å²) in [5.41, 5.74) is 7.01. The maximum atomic E-state index is 11.6. The Bertz CT molecular complexity index is 553. The molecule has 5 nitrogen and oxygen atoms in total. The molecule has 0 spiro atoms. The average molecular weight is 272 g/mol. The first kappa shape index (κ1) is 13.1. The van der Waals surface area contributed by atoms with Gasteiger partial charge < -0.3 is 5.32 Å². The van der Waals surface area contributed by atoms with Gasteiger partial charge in [-0.1, -0.05) is 13.3 Å². The standard InChI is InChI=1S/C15H20N4O/c1-2-3-7-18-19-10-11-8-14(20)17-9-13(11)12-5-4-6-16-15(12)19/h4-6,18H,2-3,7-10H2,1H3,(H,17,20). The molecule has 0 aliphatic carbocycles. The summed E-state index contributed by atoms with van der Waals surface area (Å²) in [6, 6.07) is 4.04. The minimum atomic E-state index is 0.115. The van der Waals surface area contributed by atoms with Crippen LogP contribution in [0.25, 0.3) is 5.57 Å². The molecule has 2 N–H and O–H groups in total. The van der Waals surface area contributed by atoms with E-state index in [0.717, 1.165) is 37.3 Å². The van der Waals surface area contributed by atoms with Crippen LogP contribution in [-0.4, -0.2) is 30.5 Å². The molecular weight excluding hydrogens is 252 g/mol. The highest BCUT2D eigenvalue weighted by Crippen LogP contribution is 2.34. The Labute approximate surface area is 119 Å². The van der Waals surface area contributed by atoms with Crippen LogP contribution in [0.1, 0.15) is 31.7 Å². The van der Waals surface area contributed by atoms with E-state index in [1.807, 2.05) is 12.3 Å². The lowest BCUT2D eigenvalue weighted by Gasteiger charge is -2.35. The summed E-state index contributed by atoms with van der Waals surface area (Å²) in [5, 5.41) is 5.01. The van der Waals surface area contributed by atoms with Crippen LogP contribution >= 0.6 is 0 Å². The molecule has 0 unspecified atom stereocenters. The highest BCUT2D eigenvalue weighted by atomic mass is 16.1. The van der Waals surface area contributed by atoms with E-state index in [4.69, 9.17) is 0 Å². The Morgan fingerprint density at radius 2 is 2.40 bits per heavy atom. The Morgan fingerprint density at radius 1 is 1.50 bits per heavy atom. The Balaban J connectivity index is 1.90. The summed E-state index contributed by atoms with van der Waals surface area (Å²) in [6.45, 7) is 4.48. The van der Waals surface area contributed by atoms with Crippen molar-refractivity contribution in [2.75, 3.05) is 24.6 Å². The lowest BCUT2D eigenvalue weighted by Crippen LogP contribution is -2.45. The maximum Gasteiger partial charge on any atom is 0.224 e. The van der Waals surface area contributed by atoms with Gasteiger partial charge in [0.15, 0.2) is 5.82 Å². The van der Waals surface area contributed by atoms with Gasteiger partial charge in [0.1, 0.15) is 0 Å². The molecule has 0 atom stereocenters. The van der Waals surface area contributed by atoms with E-state index in [0.29, 0.717) is 13.0 Å². The van der Waals surface area contributed by atoms with Gasteiger partial charge in [0.05, 0.1) is 13.0 Å². The Morgan fingerprint density at radius 3 is 3.25 bits per heavy atom. The maximum absolute atomic E-state index is 11.6. The summed E-state index contributed by atoms with van der Waals surface area (Å²) in [5.74, 6) is 1.09. The van der Waals surface area contributed by atoms with E-state index < -0.39 is 0 Å². The van der Waals surface area contributed by atoms with E-state index in [1.165, 1.54) is 11.1 Å². The molecule has 3 rings (SSSR count). The van der Waals surface area contributed by atoms with E-state index >= 15 is 0 Å². The molecular formula is C15H20N4O. The zero-order valence-corrected chi connectivity index (χ0v) is 11.8. The van der Waals surface area contributed by atoms with Crippen LogP contribution < -0.4 is 15.8 Å². The minimum Gasteiger partial charge on any atom is -0.352 e. The number of nitrogens with one attached hydrogen (secondary N) is 2. The van der Waals surface area contributed by atoms with Crippen molar-refractivity contribution in [2.45, 2.75) is 26.2 Å². The lowest BCUT2D eigenvalue weighted by molar-refractivity contribution is -0.120. The second-order valence-corrected chi connectivity index (χ2v) is 5.26. The van der Waals surface area contributed by atoms with Gasteiger partial charge in [-0.15, -0.1) is 0 Å². The lowest BCUT2D eigenvalue weighted by atomic mass is 9.92. The van der Waals surface area contributed by atoms with Gasteiger partial charge in [-0.25, -0.2) is 10.4 Å². The number of nitrogens with zero attached hydrogens (tertiary/aromatic N) is 2. The predicted molar refractivity (Wildman–Crippen MR) is 79.0 cm³/mol. The van der Waals surface area contributed by atoms with Gasteiger partial charge in [0.2, 0.25) is 5.91 Å². The molecule has 0 aromatic carbocycles. The average Bonchev–Trinajstić information content (AvgIpc) is 2.47. The van der Waals surface area contributed by atoms with Gasteiger partial charge in [-0.2, -0.15) is 0 Å². The number of fused-ring (bicyclic) bond motifs is 2. The zero-order valence-electron chi connectivity index (χ0n) is 11.8. The Kier molecular flexibility index (Phi) is 3.69. The molecule has 0 saturated heterocycles. The minimum absolute atomic E-state index is 0.115. The van der Waals surface area contributed by atoms with Gasteiger partial charge in [-0.3, -0.25) is 9.80 Å². The van der Waals surface area contributed by atoms with E-state index in [2.05, 4.69) is 33.7 Å². The van der Waals surface area contributed by atoms with Crippen LogP contribution in [0.5, 0.6) is 0 Å². The number of hydrogen-bond donors (Lipinski definition) is 2. The van der Waals surface area contributed by atoms with Crippen molar-refractivity contribution in [1.82, 2.24) is 15.7 Å². The molecule has 2 aliphatic rings. The molecule has 3 heterocycles. The zero-order chi connectivity index (χ0) is 13.9. The predicted octanol–water partition coefficient (Wildman–Crippen LogP) is 1.48. The smallest absolute Gasteiger partial charge is 0.224 e. The number of amides is 1. The molecule has 0 saturated carbocycles. The van der Waals surface area contributed by atoms with Gasteiger partial charge in [0.25, 0.3) is 0 Å². The van der Waals surface area contributed by atoms with Crippen LogP contribution in [0.3, 0.4) is 0 Å². The van der Waals surface area contributed by atoms with Crippen LogP contribution in [0.2, 0.25) is 0 Å². The molecule has 0 radical (unpaired) electrons. The van der Waals surface area contributed by atoms with Gasteiger partial charge >= 0.3 is 0 Å². The number of hydrogen-bond acceptors (Lipinski definition) is 4. The normalized spacial score (nSPS) is 17.6. The number of carbonyl (C=O) groups is 1. The van der Waals surface area contributed by atoms with E-state index in [1.54, 1.807) is 0 Å². The van der Waals surface area contributed by atoms with E-state index in [9.17, 15) is 4.79 Å². The molecule has 0 bridgehead atoms. The molecule has 106 valence electrons.